The van der Waals surface area contributed by atoms with Gasteiger partial charge in [-0.05, 0) is 38.8 Å². The number of likely N-dealkylation sites (N-methyl/N-ethyl adjacent to an activating group) is 1. The fraction of sp³-hybridized carbons (Fsp3) is 0.786. The van der Waals surface area contributed by atoms with Crippen LogP contribution in [0.25, 0.3) is 0 Å². The van der Waals surface area contributed by atoms with Crippen LogP contribution in [0.2, 0.25) is 0 Å². The van der Waals surface area contributed by atoms with E-state index in [1.807, 2.05) is 0 Å². The molecular formula is C14H22N4O2. The van der Waals surface area contributed by atoms with Gasteiger partial charge in [-0.1, -0.05) is 6.92 Å². The Kier molecular flexibility index (Phi) is 3.74. The summed E-state index contributed by atoms with van der Waals surface area (Å²) >= 11 is 0. The highest BCUT2D eigenvalue weighted by Crippen LogP contribution is 2.28. The number of hydrogen-bond acceptors (Lipinski definition) is 4. The fourth-order valence-corrected chi connectivity index (χ4v) is 3.57. The summed E-state index contributed by atoms with van der Waals surface area (Å²) in [6.07, 6.45) is 4.93. The van der Waals surface area contributed by atoms with Crippen molar-refractivity contribution in [3.8, 4) is 0 Å². The van der Waals surface area contributed by atoms with E-state index in [1.54, 1.807) is 0 Å². The van der Waals surface area contributed by atoms with Crippen LogP contribution in [0, 0.1) is 0 Å². The third kappa shape index (κ3) is 2.32. The second-order valence-corrected chi connectivity index (χ2v) is 5.79. The van der Waals surface area contributed by atoms with Crippen molar-refractivity contribution in [3.63, 3.8) is 0 Å². The molecule has 3 heterocycles. The van der Waals surface area contributed by atoms with Crippen molar-refractivity contribution in [1.29, 1.82) is 0 Å². The average molecular weight is 278 g/mol. The van der Waals surface area contributed by atoms with E-state index in [0.29, 0.717) is 18.3 Å². The molecule has 110 valence electrons. The third-order valence-electron chi connectivity index (χ3n) is 4.66. The SMILES string of the molecule is CCN1CCCC1Cc1nnc2n1CCCC2C(=O)O. The van der Waals surface area contributed by atoms with Crippen molar-refractivity contribution in [2.24, 2.45) is 0 Å². The van der Waals surface area contributed by atoms with Crippen LogP contribution in [0.3, 0.4) is 0 Å². The van der Waals surface area contributed by atoms with E-state index in [0.717, 1.165) is 31.8 Å². The standard InChI is InChI=1S/C14H22N4O2/c1-2-17-7-3-5-10(17)9-12-15-16-13-11(14(19)20)6-4-8-18(12)13/h10-11H,2-9H2,1H3,(H,19,20). The molecule has 1 fully saturated rings. The van der Waals surface area contributed by atoms with E-state index in [9.17, 15) is 9.90 Å². The lowest BCUT2D eigenvalue weighted by Crippen LogP contribution is -2.32. The molecular weight excluding hydrogens is 256 g/mol. The summed E-state index contributed by atoms with van der Waals surface area (Å²) in [6, 6.07) is 0.540. The lowest BCUT2D eigenvalue weighted by molar-refractivity contribution is -0.139. The number of hydrogen-bond donors (Lipinski definition) is 1. The highest BCUT2D eigenvalue weighted by molar-refractivity contribution is 5.75. The monoisotopic (exact) mass is 278 g/mol. The van der Waals surface area contributed by atoms with E-state index in [1.165, 1.54) is 19.4 Å². The Morgan fingerprint density at radius 2 is 2.10 bits per heavy atom. The molecule has 0 spiro atoms. The van der Waals surface area contributed by atoms with Crippen molar-refractivity contribution in [2.45, 2.75) is 57.5 Å². The van der Waals surface area contributed by atoms with Gasteiger partial charge in [0.1, 0.15) is 17.6 Å². The number of carboxylic acid groups (broad SMARTS) is 1. The Labute approximate surface area is 118 Å². The molecule has 1 N–H and O–H groups in total. The van der Waals surface area contributed by atoms with Crippen LogP contribution in [0.4, 0.5) is 0 Å². The Morgan fingerprint density at radius 1 is 1.30 bits per heavy atom. The van der Waals surface area contributed by atoms with Crippen molar-refractivity contribution in [3.05, 3.63) is 11.6 Å². The molecule has 1 saturated heterocycles. The van der Waals surface area contributed by atoms with E-state index >= 15 is 0 Å². The Bertz CT molecular complexity index is 499. The predicted molar refractivity (Wildman–Crippen MR) is 73.6 cm³/mol. The van der Waals surface area contributed by atoms with Crippen molar-refractivity contribution >= 4 is 5.97 Å². The molecule has 0 aliphatic carbocycles. The van der Waals surface area contributed by atoms with Gasteiger partial charge in [0.2, 0.25) is 0 Å². The molecule has 0 radical (unpaired) electrons. The topological polar surface area (TPSA) is 71.2 Å². The van der Waals surface area contributed by atoms with Crippen LogP contribution in [0.1, 0.15) is 50.2 Å². The summed E-state index contributed by atoms with van der Waals surface area (Å²) in [6.45, 7) is 5.29. The van der Waals surface area contributed by atoms with Crippen LogP contribution in [-0.2, 0) is 17.8 Å². The fourth-order valence-electron chi connectivity index (χ4n) is 3.57. The maximum atomic E-state index is 11.3. The lowest BCUT2D eigenvalue weighted by atomic mass is 9.99. The Morgan fingerprint density at radius 3 is 2.85 bits per heavy atom. The summed E-state index contributed by atoms with van der Waals surface area (Å²) in [7, 11) is 0. The minimum Gasteiger partial charge on any atom is -0.481 e. The van der Waals surface area contributed by atoms with Crippen LogP contribution in [-0.4, -0.2) is 49.9 Å². The molecule has 0 bridgehead atoms. The van der Waals surface area contributed by atoms with E-state index in [2.05, 4.69) is 26.6 Å². The summed E-state index contributed by atoms with van der Waals surface area (Å²) in [5.41, 5.74) is 0. The third-order valence-corrected chi connectivity index (χ3v) is 4.66. The van der Waals surface area contributed by atoms with E-state index < -0.39 is 11.9 Å². The van der Waals surface area contributed by atoms with Gasteiger partial charge in [0.25, 0.3) is 0 Å². The van der Waals surface area contributed by atoms with Gasteiger partial charge in [0, 0.05) is 19.0 Å². The Balaban J connectivity index is 1.80. The normalized spacial score (nSPS) is 26.6. The molecule has 3 rings (SSSR count). The highest BCUT2D eigenvalue weighted by Gasteiger charge is 2.32. The molecule has 1 aromatic rings. The summed E-state index contributed by atoms with van der Waals surface area (Å²) in [5, 5.41) is 17.7. The van der Waals surface area contributed by atoms with Crippen molar-refractivity contribution < 1.29 is 9.90 Å². The zero-order chi connectivity index (χ0) is 14.1. The van der Waals surface area contributed by atoms with Crippen LogP contribution in [0.5, 0.6) is 0 Å². The molecule has 0 aromatic carbocycles. The first-order chi connectivity index (χ1) is 9.70. The number of fused-ring (bicyclic) bond motifs is 1. The summed E-state index contributed by atoms with van der Waals surface area (Å²) < 4.78 is 2.05. The molecule has 2 aliphatic heterocycles. The first-order valence-corrected chi connectivity index (χ1v) is 7.59. The van der Waals surface area contributed by atoms with Gasteiger partial charge in [-0.2, -0.15) is 0 Å². The number of rotatable bonds is 4. The summed E-state index contributed by atoms with van der Waals surface area (Å²) in [4.78, 5) is 13.8. The van der Waals surface area contributed by atoms with Crippen molar-refractivity contribution in [2.75, 3.05) is 13.1 Å². The number of aliphatic carboxylic acids is 1. The van der Waals surface area contributed by atoms with Gasteiger partial charge in [0.05, 0.1) is 0 Å². The molecule has 20 heavy (non-hydrogen) atoms. The van der Waals surface area contributed by atoms with Gasteiger partial charge >= 0.3 is 5.97 Å². The molecule has 0 saturated carbocycles. The largest absolute Gasteiger partial charge is 0.481 e. The van der Waals surface area contributed by atoms with Crippen LogP contribution < -0.4 is 0 Å². The molecule has 6 nitrogen and oxygen atoms in total. The van der Waals surface area contributed by atoms with Crippen LogP contribution in [0.15, 0.2) is 0 Å². The average Bonchev–Trinajstić information content (AvgIpc) is 3.06. The zero-order valence-corrected chi connectivity index (χ0v) is 12.0. The smallest absolute Gasteiger partial charge is 0.314 e. The maximum Gasteiger partial charge on any atom is 0.314 e. The molecule has 0 amide bonds. The molecule has 6 heteroatoms. The van der Waals surface area contributed by atoms with Crippen molar-refractivity contribution in [1.82, 2.24) is 19.7 Å². The van der Waals surface area contributed by atoms with Gasteiger partial charge in [0.15, 0.2) is 0 Å². The second kappa shape index (κ2) is 5.52. The zero-order valence-electron chi connectivity index (χ0n) is 12.0. The molecule has 1 aromatic heterocycles. The van der Waals surface area contributed by atoms with Gasteiger partial charge in [-0.15, -0.1) is 10.2 Å². The number of carbonyl (C=O) groups is 1. The number of carboxylic acids is 1. The quantitative estimate of drug-likeness (QED) is 0.898. The second-order valence-electron chi connectivity index (χ2n) is 5.79. The van der Waals surface area contributed by atoms with Gasteiger partial charge in [-0.3, -0.25) is 4.79 Å². The Hall–Kier alpha value is -1.43. The number of likely N-dealkylation sites (tertiary alicyclic amines) is 1. The minimum atomic E-state index is -0.777. The van der Waals surface area contributed by atoms with E-state index in [-0.39, 0.29) is 0 Å². The first-order valence-electron chi connectivity index (χ1n) is 7.59. The number of nitrogens with zero attached hydrogens (tertiary/aromatic N) is 4. The van der Waals surface area contributed by atoms with E-state index in [4.69, 9.17) is 0 Å². The van der Waals surface area contributed by atoms with Gasteiger partial charge in [-0.25, -0.2) is 0 Å². The minimum absolute atomic E-state index is 0.476. The summed E-state index contributed by atoms with van der Waals surface area (Å²) in [5.74, 6) is 0.368. The molecule has 2 atom stereocenters. The maximum absolute atomic E-state index is 11.3. The lowest BCUT2D eigenvalue weighted by Gasteiger charge is -2.24. The number of aromatic nitrogens is 3. The van der Waals surface area contributed by atoms with Crippen LogP contribution >= 0.6 is 0 Å². The molecule has 2 aliphatic rings. The molecule has 2 unspecified atom stereocenters. The first kappa shape index (κ1) is 13.5. The highest BCUT2D eigenvalue weighted by atomic mass is 16.4. The predicted octanol–water partition coefficient (Wildman–Crippen LogP) is 1.27. The van der Waals surface area contributed by atoms with Gasteiger partial charge < -0.3 is 14.6 Å².